The highest BCUT2D eigenvalue weighted by Crippen LogP contribution is 2.29. The maximum atomic E-state index is 12.1. The molecule has 14 heavy (non-hydrogen) atoms. The predicted octanol–water partition coefficient (Wildman–Crippen LogP) is 2.88. The molecule has 0 atom stereocenters. The zero-order valence-electron chi connectivity index (χ0n) is 8.10. The molecule has 1 aromatic carbocycles. The standard InChI is InChI=1S/C9H9F3.CH4O/c1-2-7-4-3-5-8(6-7)9(10,11)12;1-2/h3-6H,2H2,1H3;2H,1H3. The van der Waals surface area contributed by atoms with E-state index in [2.05, 4.69) is 0 Å². The highest BCUT2D eigenvalue weighted by atomic mass is 19.4. The average molecular weight is 206 g/mol. The van der Waals surface area contributed by atoms with E-state index in [1.54, 1.807) is 6.07 Å². The summed E-state index contributed by atoms with van der Waals surface area (Å²) in [5.74, 6) is 0. The lowest BCUT2D eigenvalue weighted by atomic mass is 10.1. The van der Waals surface area contributed by atoms with Crippen molar-refractivity contribution in [1.82, 2.24) is 0 Å². The Balaban J connectivity index is 0.000000791. The van der Waals surface area contributed by atoms with Gasteiger partial charge in [0.25, 0.3) is 0 Å². The first-order valence-corrected chi connectivity index (χ1v) is 4.15. The topological polar surface area (TPSA) is 20.2 Å². The second kappa shape index (κ2) is 5.65. The highest BCUT2D eigenvalue weighted by Gasteiger charge is 2.30. The molecule has 0 radical (unpaired) electrons. The summed E-state index contributed by atoms with van der Waals surface area (Å²) in [7, 11) is 1.00. The smallest absolute Gasteiger partial charge is 0.400 e. The summed E-state index contributed by atoms with van der Waals surface area (Å²) in [5.41, 5.74) is 0.145. The Morgan fingerprint density at radius 3 is 2.21 bits per heavy atom. The maximum Gasteiger partial charge on any atom is 0.416 e. The second-order valence-corrected chi connectivity index (χ2v) is 2.55. The SMILES string of the molecule is CCc1cccc(C(F)(F)F)c1.CO. The predicted molar refractivity (Wildman–Crippen MR) is 49.0 cm³/mol. The van der Waals surface area contributed by atoms with Gasteiger partial charge in [-0.2, -0.15) is 13.2 Å². The first-order chi connectivity index (χ1) is 6.54. The van der Waals surface area contributed by atoms with Crippen LogP contribution in [-0.2, 0) is 12.6 Å². The Bertz CT molecular complexity index is 268. The van der Waals surface area contributed by atoms with E-state index in [1.807, 2.05) is 6.92 Å². The Labute approximate surface area is 81.2 Å². The van der Waals surface area contributed by atoms with Crippen LogP contribution in [-0.4, -0.2) is 12.2 Å². The van der Waals surface area contributed by atoms with E-state index in [9.17, 15) is 13.2 Å². The number of rotatable bonds is 1. The van der Waals surface area contributed by atoms with Crippen LogP contribution in [0.5, 0.6) is 0 Å². The summed E-state index contributed by atoms with van der Waals surface area (Å²) >= 11 is 0. The van der Waals surface area contributed by atoms with Gasteiger partial charge in [-0.25, -0.2) is 0 Å². The first-order valence-electron chi connectivity index (χ1n) is 4.15. The lowest BCUT2D eigenvalue weighted by molar-refractivity contribution is -0.137. The van der Waals surface area contributed by atoms with Gasteiger partial charge in [-0.1, -0.05) is 25.1 Å². The molecule has 0 amide bonds. The summed E-state index contributed by atoms with van der Waals surface area (Å²) in [6.45, 7) is 1.83. The van der Waals surface area contributed by atoms with Crippen molar-refractivity contribution in [1.29, 1.82) is 0 Å². The van der Waals surface area contributed by atoms with E-state index in [4.69, 9.17) is 5.11 Å². The monoisotopic (exact) mass is 206 g/mol. The molecular weight excluding hydrogens is 193 g/mol. The minimum absolute atomic E-state index is 0.568. The van der Waals surface area contributed by atoms with Crippen LogP contribution in [0.1, 0.15) is 18.1 Å². The number of alkyl halides is 3. The van der Waals surface area contributed by atoms with Gasteiger partial charge in [-0.05, 0) is 18.1 Å². The lowest BCUT2D eigenvalue weighted by Crippen LogP contribution is -2.04. The van der Waals surface area contributed by atoms with Crippen molar-refractivity contribution in [3.05, 3.63) is 35.4 Å². The molecule has 0 fully saturated rings. The zero-order chi connectivity index (χ0) is 11.2. The van der Waals surface area contributed by atoms with Gasteiger partial charge in [0.15, 0.2) is 0 Å². The minimum Gasteiger partial charge on any atom is -0.400 e. The molecule has 0 bridgehead atoms. The molecule has 0 aromatic heterocycles. The van der Waals surface area contributed by atoms with Crippen LogP contribution < -0.4 is 0 Å². The third kappa shape index (κ3) is 3.79. The fourth-order valence-electron chi connectivity index (χ4n) is 0.968. The molecule has 1 nitrogen and oxygen atoms in total. The van der Waals surface area contributed by atoms with E-state index >= 15 is 0 Å². The fourth-order valence-corrected chi connectivity index (χ4v) is 0.968. The Morgan fingerprint density at radius 1 is 1.21 bits per heavy atom. The summed E-state index contributed by atoms with van der Waals surface area (Å²) in [5, 5.41) is 7.00. The largest absolute Gasteiger partial charge is 0.416 e. The molecule has 1 aromatic rings. The van der Waals surface area contributed by atoms with Gasteiger partial charge in [-0.15, -0.1) is 0 Å². The van der Waals surface area contributed by atoms with Crippen LogP contribution in [0.2, 0.25) is 0 Å². The molecule has 0 saturated heterocycles. The number of hydrogen-bond acceptors (Lipinski definition) is 1. The van der Waals surface area contributed by atoms with E-state index in [0.717, 1.165) is 13.2 Å². The second-order valence-electron chi connectivity index (χ2n) is 2.55. The normalized spacial score (nSPS) is 10.4. The van der Waals surface area contributed by atoms with Gasteiger partial charge >= 0.3 is 6.18 Å². The lowest BCUT2D eigenvalue weighted by Gasteiger charge is -2.06. The molecular formula is C10H13F3O. The molecule has 0 spiro atoms. The van der Waals surface area contributed by atoms with Crippen LogP contribution >= 0.6 is 0 Å². The van der Waals surface area contributed by atoms with Crippen LogP contribution in [0.25, 0.3) is 0 Å². The molecule has 0 aliphatic heterocycles. The molecule has 0 aliphatic rings. The third-order valence-corrected chi connectivity index (χ3v) is 1.66. The van der Waals surface area contributed by atoms with Crippen LogP contribution in [0.15, 0.2) is 24.3 Å². The Morgan fingerprint density at radius 2 is 1.79 bits per heavy atom. The van der Waals surface area contributed by atoms with Crippen LogP contribution in [0.4, 0.5) is 13.2 Å². The number of benzene rings is 1. The zero-order valence-corrected chi connectivity index (χ0v) is 8.10. The van der Waals surface area contributed by atoms with E-state index in [0.29, 0.717) is 12.0 Å². The molecule has 0 unspecified atom stereocenters. The molecule has 0 saturated carbocycles. The van der Waals surface area contributed by atoms with Crippen molar-refractivity contribution in [2.45, 2.75) is 19.5 Å². The van der Waals surface area contributed by atoms with Gasteiger partial charge in [0.2, 0.25) is 0 Å². The summed E-state index contributed by atoms with van der Waals surface area (Å²) in [6.07, 6.45) is -3.59. The van der Waals surface area contributed by atoms with Crippen molar-refractivity contribution < 1.29 is 18.3 Å². The highest BCUT2D eigenvalue weighted by molar-refractivity contribution is 5.25. The van der Waals surface area contributed by atoms with Gasteiger partial charge in [0.05, 0.1) is 5.56 Å². The molecule has 0 aliphatic carbocycles. The van der Waals surface area contributed by atoms with Crippen molar-refractivity contribution >= 4 is 0 Å². The van der Waals surface area contributed by atoms with E-state index < -0.39 is 11.7 Å². The van der Waals surface area contributed by atoms with Crippen LogP contribution in [0.3, 0.4) is 0 Å². The molecule has 80 valence electrons. The summed E-state index contributed by atoms with van der Waals surface area (Å²) < 4.78 is 36.3. The molecule has 4 heteroatoms. The van der Waals surface area contributed by atoms with E-state index in [-0.39, 0.29) is 0 Å². The fraction of sp³-hybridized carbons (Fsp3) is 0.400. The molecule has 1 rings (SSSR count). The van der Waals surface area contributed by atoms with Crippen molar-refractivity contribution in [2.75, 3.05) is 7.11 Å². The Kier molecular flexibility index (Phi) is 5.23. The number of aryl methyl sites for hydroxylation is 1. The van der Waals surface area contributed by atoms with Gasteiger partial charge in [-0.3, -0.25) is 0 Å². The number of halogens is 3. The summed E-state index contributed by atoms with van der Waals surface area (Å²) in [6, 6.07) is 5.38. The number of hydrogen-bond donors (Lipinski definition) is 1. The summed E-state index contributed by atoms with van der Waals surface area (Å²) in [4.78, 5) is 0. The quantitative estimate of drug-likeness (QED) is 0.749. The Hall–Kier alpha value is -1.03. The van der Waals surface area contributed by atoms with E-state index in [1.165, 1.54) is 12.1 Å². The van der Waals surface area contributed by atoms with Gasteiger partial charge in [0.1, 0.15) is 0 Å². The first kappa shape index (κ1) is 13.0. The van der Waals surface area contributed by atoms with Crippen molar-refractivity contribution in [2.24, 2.45) is 0 Å². The average Bonchev–Trinajstić information content (AvgIpc) is 2.20. The van der Waals surface area contributed by atoms with Gasteiger partial charge < -0.3 is 5.11 Å². The van der Waals surface area contributed by atoms with Crippen LogP contribution in [0, 0.1) is 0 Å². The minimum atomic E-state index is -4.22. The molecule has 1 N–H and O–H groups in total. The van der Waals surface area contributed by atoms with Crippen molar-refractivity contribution in [3.63, 3.8) is 0 Å². The van der Waals surface area contributed by atoms with Gasteiger partial charge in [0, 0.05) is 7.11 Å². The third-order valence-electron chi connectivity index (χ3n) is 1.66. The number of aliphatic hydroxyl groups excluding tert-OH is 1. The number of aliphatic hydroxyl groups is 1. The van der Waals surface area contributed by atoms with Crippen molar-refractivity contribution in [3.8, 4) is 0 Å². The molecule has 0 heterocycles. The maximum absolute atomic E-state index is 12.1.